The minimum atomic E-state index is -0.397. The molecule has 0 aromatic heterocycles. The molecule has 0 radical (unpaired) electrons. The van der Waals surface area contributed by atoms with E-state index in [1.165, 1.54) is 32.1 Å². The average molecular weight is 255 g/mol. The van der Waals surface area contributed by atoms with E-state index in [0.29, 0.717) is 6.04 Å². The predicted molar refractivity (Wildman–Crippen MR) is 74.5 cm³/mol. The number of hydrogen-bond donors (Lipinski definition) is 1. The van der Waals surface area contributed by atoms with E-state index in [0.717, 1.165) is 5.92 Å². The average Bonchev–Trinajstić information content (AvgIpc) is 2.27. The first-order valence-electron chi connectivity index (χ1n) is 7.30. The molecule has 106 valence electrons. The van der Waals surface area contributed by atoms with Crippen LogP contribution in [0.5, 0.6) is 0 Å². The van der Waals surface area contributed by atoms with Gasteiger partial charge in [0, 0.05) is 6.04 Å². The van der Waals surface area contributed by atoms with Gasteiger partial charge in [-0.3, -0.25) is 4.79 Å². The molecule has 0 amide bonds. The first-order valence-corrected chi connectivity index (χ1v) is 7.30. The highest BCUT2D eigenvalue weighted by Crippen LogP contribution is 2.26. The van der Waals surface area contributed by atoms with Crippen molar-refractivity contribution in [2.24, 2.45) is 5.92 Å². The molecule has 3 nitrogen and oxygen atoms in total. The number of nitrogens with one attached hydrogen (secondary N) is 1. The van der Waals surface area contributed by atoms with Gasteiger partial charge in [-0.05, 0) is 46.5 Å². The lowest BCUT2D eigenvalue weighted by Crippen LogP contribution is -2.45. The van der Waals surface area contributed by atoms with Crippen molar-refractivity contribution in [2.45, 2.75) is 84.4 Å². The minimum Gasteiger partial charge on any atom is -0.459 e. The highest BCUT2D eigenvalue weighted by molar-refractivity contribution is 5.75. The van der Waals surface area contributed by atoms with Gasteiger partial charge in [-0.15, -0.1) is 0 Å². The van der Waals surface area contributed by atoms with Gasteiger partial charge in [0.15, 0.2) is 0 Å². The Labute approximate surface area is 112 Å². The monoisotopic (exact) mass is 255 g/mol. The Morgan fingerprint density at radius 3 is 2.61 bits per heavy atom. The van der Waals surface area contributed by atoms with Gasteiger partial charge >= 0.3 is 5.97 Å². The SMILES string of the molecule is CCC1CCCC(NC(C)C(=O)OC(C)(C)C)C1. The van der Waals surface area contributed by atoms with Crippen LogP contribution in [-0.2, 0) is 9.53 Å². The zero-order valence-corrected chi connectivity index (χ0v) is 12.6. The summed E-state index contributed by atoms with van der Waals surface area (Å²) in [6, 6.07) is 0.274. The first kappa shape index (κ1) is 15.5. The number of hydrogen-bond acceptors (Lipinski definition) is 3. The maximum absolute atomic E-state index is 11.9. The summed E-state index contributed by atoms with van der Waals surface area (Å²) in [6.45, 7) is 9.88. The number of carbonyl (C=O) groups excluding carboxylic acids is 1. The van der Waals surface area contributed by atoms with Crippen LogP contribution in [0.2, 0.25) is 0 Å². The van der Waals surface area contributed by atoms with Crippen molar-refractivity contribution in [1.29, 1.82) is 0 Å². The Balaban J connectivity index is 2.39. The summed E-state index contributed by atoms with van der Waals surface area (Å²) < 4.78 is 5.39. The van der Waals surface area contributed by atoms with Gasteiger partial charge in [0.05, 0.1) is 0 Å². The van der Waals surface area contributed by atoms with Crippen LogP contribution in [0, 0.1) is 5.92 Å². The lowest BCUT2D eigenvalue weighted by Gasteiger charge is -2.31. The van der Waals surface area contributed by atoms with E-state index in [4.69, 9.17) is 4.74 Å². The normalized spacial score (nSPS) is 26.7. The topological polar surface area (TPSA) is 38.3 Å². The molecule has 18 heavy (non-hydrogen) atoms. The van der Waals surface area contributed by atoms with Crippen molar-refractivity contribution >= 4 is 5.97 Å². The van der Waals surface area contributed by atoms with Gasteiger partial charge in [0.25, 0.3) is 0 Å². The molecule has 0 bridgehead atoms. The zero-order valence-electron chi connectivity index (χ0n) is 12.6. The quantitative estimate of drug-likeness (QED) is 0.784. The first-order chi connectivity index (χ1) is 8.31. The molecular weight excluding hydrogens is 226 g/mol. The molecule has 3 atom stereocenters. The van der Waals surface area contributed by atoms with Crippen LogP contribution >= 0.6 is 0 Å². The largest absolute Gasteiger partial charge is 0.459 e. The van der Waals surface area contributed by atoms with Crippen molar-refractivity contribution in [3.05, 3.63) is 0 Å². The molecule has 3 heteroatoms. The molecule has 0 spiro atoms. The molecule has 1 fully saturated rings. The standard InChI is InChI=1S/C15H29NO2/c1-6-12-8-7-9-13(10-12)16-11(2)14(17)18-15(3,4)5/h11-13,16H,6-10H2,1-5H3. The third-order valence-corrected chi connectivity index (χ3v) is 3.61. The summed E-state index contributed by atoms with van der Waals surface area (Å²) in [5.74, 6) is 0.684. The Kier molecular flexibility index (Phi) is 5.64. The van der Waals surface area contributed by atoms with E-state index in [1.807, 2.05) is 27.7 Å². The molecule has 0 aliphatic heterocycles. The van der Waals surface area contributed by atoms with Gasteiger partial charge in [-0.1, -0.05) is 26.2 Å². The summed E-state index contributed by atoms with van der Waals surface area (Å²) in [7, 11) is 0. The lowest BCUT2D eigenvalue weighted by molar-refractivity contribution is -0.157. The van der Waals surface area contributed by atoms with Crippen LogP contribution in [0.4, 0.5) is 0 Å². The van der Waals surface area contributed by atoms with E-state index >= 15 is 0 Å². The van der Waals surface area contributed by atoms with Crippen molar-refractivity contribution < 1.29 is 9.53 Å². The molecule has 1 saturated carbocycles. The predicted octanol–water partition coefficient (Wildman–Crippen LogP) is 3.28. The number of ether oxygens (including phenoxy) is 1. The van der Waals surface area contributed by atoms with Crippen molar-refractivity contribution in [1.82, 2.24) is 5.32 Å². The summed E-state index contributed by atoms with van der Waals surface area (Å²) >= 11 is 0. The van der Waals surface area contributed by atoms with Gasteiger partial charge in [-0.25, -0.2) is 0 Å². The van der Waals surface area contributed by atoms with E-state index < -0.39 is 5.60 Å². The third-order valence-electron chi connectivity index (χ3n) is 3.61. The Bertz CT molecular complexity index is 270. The van der Waals surface area contributed by atoms with Crippen LogP contribution in [0.15, 0.2) is 0 Å². The van der Waals surface area contributed by atoms with E-state index in [-0.39, 0.29) is 12.0 Å². The van der Waals surface area contributed by atoms with Crippen LogP contribution in [0.1, 0.15) is 66.7 Å². The summed E-state index contributed by atoms with van der Waals surface area (Å²) in [6.07, 6.45) is 6.25. The molecule has 1 aliphatic rings. The Hall–Kier alpha value is -0.570. The molecule has 3 unspecified atom stereocenters. The second-order valence-electron chi connectivity index (χ2n) is 6.56. The summed E-state index contributed by atoms with van der Waals surface area (Å²) in [4.78, 5) is 11.9. The van der Waals surface area contributed by atoms with E-state index in [1.54, 1.807) is 0 Å². The fraction of sp³-hybridized carbons (Fsp3) is 0.933. The van der Waals surface area contributed by atoms with Gasteiger partial charge < -0.3 is 10.1 Å². The molecular formula is C15H29NO2. The fourth-order valence-corrected chi connectivity index (χ4v) is 2.62. The second-order valence-corrected chi connectivity index (χ2v) is 6.56. The van der Waals surface area contributed by atoms with E-state index in [9.17, 15) is 4.79 Å². The van der Waals surface area contributed by atoms with Crippen LogP contribution < -0.4 is 5.32 Å². The van der Waals surface area contributed by atoms with Crippen molar-refractivity contribution in [3.63, 3.8) is 0 Å². The van der Waals surface area contributed by atoms with Crippen LogP contribution in [0.25, 0.3) is 0 Å². The lowest BCUT2D eigenvalue weighted by atomic mass is 9.84. The summed E-state index contributed by atoms with van der Waals surface area (Å²) in [5, 5.41) is 3.43. The highest BCUT2D eigenvalue weighted by Gasteiger charge is 2.26. The minimum absolute atomic E-state index is 0.138. The zero-order chi connectivity index (χ0) is 13.8. The molecule has 1 aliphatic carbocycles. The molecule has 1 rings (SSSR count). The summed E-state index contributed by atoms with van der Waals surface area (Å²) in [5.41, 5.74) is -0.397. The van der Waals surface area contributed by atoms with Crippen LogP contribution in [-0.4, -0.2) is 23.7 Å². The van der Waals surface area contributed by atoms with E-state index in [2.05, 4.69) is 12.2 Å². The molecule has 0 aromatic carbocycles. The molecule has 0 heterocycles. The maximum atomic E-state index is 11.9. The molecule has 1 N–H and O–H groups in total. The number of rotatable bonds is 4. The fourth-order valence-electron chi connectivity index (χ4n) is 2.62. The molecule has 0 aromatic rings. The highest BCUT2D eigenvalue weighted by atomic mass is 16.6. The van der Waals surface area contributed by atoms with Crippen LogP contribution in [0.3, 0.4) is 0 Å². The Morgan fingerprint density at radius 2 is 2.06 bits per heavy atom. The second kappa shape index (κ2) is 6.55. The van der Waals surface area contributed by atoms with Crippen molar-refractivity contribution in [3.8, 4) is 0 Å². The van der Waals surface area contributed by atoms with Crippen molar-refractivity contribution in [2.75, 3.05) is 0 Å². The molecule has 0 saturated heterocycles. The van der Waals surface area contributed by atoms with Gasteiger partial charge in [0.2, 0.25) is 0 Å². The maximum Gasteiger partial charge on any atom is 0.323 e. The third kappa shape index (κ3) is 5.38. The van der Waals surface area contributed by atoms with Gasteiger partial charge in [-0.2, -0.15) is 0 Å². The smallest absolute Gasteiger partial charge is 0.323 e. The number of esters is 1. The Morgan fingerprint density at radius 1 is 1.39 bits per heavy atom. The number of carbonyl (C=O) groups is 1. The van der Waals surface area contributed by atoms with Gasteiger partial charge in [0.1, 0.15) is 11.6 Å².